The molecule has 1 aromatic carbocycles. The van der Waals surface area contributed by atoms with Crippen LogP contribution in [-0.2, 0) is 13.2 Å². The zero-order chi connectivity index (χ0) is 12.4. The largest absolute Gasteiger partial charge is 0.390 e. The molecule has 3 rings (SSSR count). The highest BCUT2D eigenvalue weighted by Crippen LogP contribution is 2.14. The average Bonchev–Trinajstić information content (AvgIpc) is 2.83. The van der Waals surface area contributed by atoms with Crippen LogP contribution in [0.15, 0.2) is 43.0 Å². The number of nitrogens with zero attached hydrogens (tertiary/aromatic N) is 4. The van der Waals surface area contributed by atoms with Crippen molar-refractivity contribution in [3.8, 4) is 0 Å². The lowest BCUT2D eigenvalue weighted by Crippen LogP contribution is -2.00. The summed E-state index contributed by atoms with van der Waals surface area (Å²) in [6.45, 7) is 0.584. The van der Waals surface area contributed by atoms with Crippen LogP contribution >= 0.6 is 0 Å². The van der Waals surface area contributed by atoms with E-state index >= 15 is 0 Å². The standard InChI is InChI=1S/C13H12N4O/c18-7-11-12-13(15-8-14-11)17(9-16-12)6-10-4-2-1-3-5-10/h1-5,8-9,18H,6-7H2. The van der Waals surface area contributed by atoms with Crippen molar-refractivity contribution in [3.05, 3.63) is 54.2 Å². The zero-order valence-corrected chi connectivity index (χ0v) is 9.69. The first-order valence-electron chi connectivity index (χ1n) is 5.68. The second-order valence-electron chi connectivity index (χ2n) is 4.01. The molecule has 0 unspecified atom stereocenters. The van der Waals surface area contributed by atoms with Crippen LogP contribution in [0, 0.1) is 0 Å². The van der Waals surface area contributed by atoms with Gasteiger partial charge in [0.15, 0.2) is 5.65 Å². The Bertz CT molecular complexity index is 663. The van der Waals surface area contributed by atoms with Crippen LogP contribution in [0.5, 0.6) is 0 Å². The van der Waals surface area contributed by atoms with Crippen LogP contribution < -0.4 is 0 Å². The predicted molar refractivity (Wildman–Crippen MR) is 66.8 cm³/mol. The van der Waals surface area contributed by atoms with E-state index < -0.39 is 0 Å². The van der Waals surface area contributed by atoms with Crippen LogP contribution in [-0.4, -0.2) is 24.6 Å². The van der Waals surface area contributed by atoms with Crippen LogP contribution in [0.2, 0.25) is 0 Å². The Morgan fingerprint density at radius 2 is 1.89 bits per heavy atom. The number of hydrogen-bond donors (Lipinski definition) is 1. The summed E-state index contributed by atoms with van der Waals surface area (Å²) >= 11 is 0. The van der Waals surface area contributed by atoms with E-state index in [9.17, 15) is 5.11 Å². The maximum atomic E-state index is 9.20. The Labute approximate surface area is 104 Å². The van der Waals surface area contributed by atoms with E-state index in [4.69, 9.17) is 0 Å². The third-order valence-corrected chi connectivity index (χ3v) is 2.82. The van der Waals surface area contributed by atoms with Crippen LogP contribution in [0.3, 0.4) is 0 Å². The van der Waals surface area contributed by atoms with Gasteiger partial charge in [-0.3, -0.25) is 0 Å². The van der Waals surface area contributed by atoms with Gasteiger partial charge in [-0.25, -0.2) is 15.0 Å². The maximum Gasteiger partial charge on any atom is 0.163 e. The number of aliphatic hydroxyl groups is 1. The van der Waals surface area contributed by atoms with Crippen molar-refractivity contribution in [2.75, 3.05) is 0 Å². The second kappa shape index (κ2) is 4.54. The maximum absolute atomic E-state index is 9.20. The summed E-state index contributed by atoms with van der Waals surface area (Å²) in [5.74, 6) is 0. The summed E-state index contributed by atoms with van der Waals surface area (Å²) in [5, 5.41) is 9.20. The SMILES string of the molecule is OCc1ncnc2c1ncn2Cc1ccccc1. The van der Waals surface area contributed by atoms with Gasteiger partial charge in [0.05, 0.1) is 25.2 Å². The molecular weight excluding hydrogens is 228 g/mol. The molecule has 5 heteroatoms. The summed E-state index contributed by atoms with van der Waals surface area (Å²) in [7, 11) is 0. The molecule has 3 aromatic rings. The number of rotatable bonds is 3. The monoisotopic (exact) mass is 240 g/mol. The molecule has 0 spiro atoms. The van der Waals surface area contributed by atoms with Gasteiger partial charge in [-0.2, -0.15) is 0 Å². The number of hydrogen-bond acceptors (Lipinski definition) is 4. The van der Waals surface area contributed by atoms with E-state index in [2.05, 4.69) is 27.1 Å². The predicted octanol–water partition coefficient (Wildman–Crippen LogP) is 1.37. The van der Waals surface area contributed by atoms with Crippen LogP contribution in [0.1, 0.15) is 11.3 Å². The minimum Gasteiger partial charge on any atom is -0.390 e. The average molecular weight is 240 g/mol. The lowest BCUT2D eigenvalue weighted by atomic mass is 10.2. The third kappa shape index (κ3) is 1.84. The first-order valence-corrected chi connectivity index (χ1v) is 5.68. The van der Waals surface area contributed by atoms with Gasteiger partial charge in [0, 0.05) is 0 Å². The summed E-state index contributed by atoms with van der Waals surface area (Å²) in [4.78, 5) is 12.5. The number of fused-ring (bicyclic) bond motifs is 1. The minimum absolute atomic E-state index is 0.124. The van der Waals surface area contributed by atoms with E-state index in [1.54, 1.807) is 6.33 Å². The quantitative estimate of drug-likeness (QED) is 0.751. The summed E-state index contributed by atoms with van der Waals surface area (Å²) < 4.78 is 1.95. The highest BCUT2D eigenvalue weighted by atomic mass is 16.3. The molecule has 0 atom stereocenters. The molecule has 2 heterocycles. The molecule has 0 radical (unpaired) electrons. The number of aliphatic hydroxyl groups excluding tert-OH is 1. The summed E-state index contributed by atoms with van der Waals surface area (Å²) in [6.07, 6.45) is 3.18. The summed E-state index contributed by atoms with van der Waals surface area (Å²) in [6, 6.07) is 10.1. The molecule has 0 saturated carbocycles. The smallest absolute Gasteiger partial charge is 0.163 e. The summed E-state index contributed by atoms with van der Waals surface area (Å²) in [5.41, 5.74) is 3.15. The fraction of sp³-hybridized carbons (Fsp3) is 0.154. The first kappa shape index (κ1) is 10.9. The van der Waals surface area contributed by atoms with Gasteiger partial charge in [0.1, 0.15) is 11.8 Å². The van der Waals surface area contributed by atoms with E-state index in [1.807, 2.05) is 22.8 Å². The fourth-order valence-electron chi connectivity index (χ4n) is 1.94. The van der Waals surface area contributed by atoms with E-state index in [0.29, 0.717) is 17.8 Å². The van der Waals surface area contributed by atoms with Crippen molar-refractivity contribution in [1.82, 2.24) is 19.5 Å². The molecule has 0 aliphatic carbocycles. The Morgan fingerprint density at radius 3 is 2.67 bits per heavy atom. The third-order valence-electron chi connectivity index (χ3n) is 2.82. The molecule has 5 nitrogen and oxygen atoms in total. The first-order chi connectivity index (χ1) is 8.88. The van der Waals surface area contributed by atoms with Gasteiger partial charge in [-0.15, -0.1) is 0 Å². The van der Waals surface area contributed by atoms with Gasteiger partial charge in [-0.05, 0) is 5.56 Å². The highest BCUT2D eigenvalue weighted by molar-refractivity contribution is 5.72. The molecule has 18 heavy (non-hydrogen) atoms. The van der Waals surface area contributed by atoms with Gasteiger partial charge in [-0.1, -0.05) is 30.3 Å². The van der Waals surface area contributed by atoms with Gasteiger partial charge < -0.3 is 9.67 Å². The Balaban J connectivity index is 2.03. The van der Waals surface area contributed by atoms with Crippen molar-refractivity contribution in [3.63, 3.8) is 0 Å². The Kier molecular flexibility index (Phi) is 2.74. The normalized spacial score (nSPS) is 10.9. The minimum atomic E-state index is -0.124. The van der Waals surface area contributed by atoms with E-state index in [1.165, 1.54) is 11.9 Å². The topological polar surface area (TPSA) is 63.8 Å². The number of benzene rings is 1. The van der Waals surface area contributed by atoms with Crippen molar-refractivity contribution >= 4 is 11.2 Å². The lowest BCUT2D eigenvalue weighted by Gasteiger charge is -2.03. The van der Waals surface area contributed by atoms with E-state index in [0.717, 1.165) is 5.65 Å². The molecule has 2 aromatic heterocycles. The van der Waals surface area contributed by atoms with Gasteiger partial charge >= 0.3 is 0 Å². The number of aromatic nitrogens is 4. The second-order valence-corrected chi connectivity index (χ2v) is 4.01. The van der Waals surface area contributed by atoms with Crippen molar-refractivity contribution in [1.29, 1.82) is 0 Å². The molecule has 0 bridgehead atoms. The molecule has 0 fully saturated rings. The molecule has 0 aliphatic rings. The zero-order valence-electron chi connectivity index (χ0n) is 9.69. The van der Waals surface area contributed by atoms with Crippen molar-refractivity contribution < 1.29 is 5.11 Å². The van der Waals surface area contributed by atoms with Crippen molar-refractivity contribution in [2.24, 2.45) is 0 Å². The van der Waals surface area contributed by atoms with Crippen LogP contribution in [0.4, 0.5) is 0 Å². The fourth-order valence-corrected chi connectivity index (χ4v) is 1.94. The molecule has 0 amide bonds. The molecule has 0 aliphatic heterocycles. The molecule has 90 valence electrons. The number of imidazole rings is 1. The molecular formula is C13H12N4O. The Hall–Kier alpha value is -2.27. The van der Waals surface area contributed by atoms with Crippen LogP contribution in [0.25, 0.3) is 11.2 Å². The van der Waals surface area contributed by atoms with Gasteiger partial charge in [0.2, 0.25) is 0 Å². The van der Waals surface area contributed by atoms with Gasteiger partial charge in [0.25, 0.3) is 0 Å². The van der Waals surface area contributed by atoms with Crippen molar-refractivity contribution in [2.45, 2.75) is 13.2 Å². The lowest BCUT2D eigenvalue weighted by molar-refractivity contribution is 0.278. The van der Waals surface area contributed by atoms with E-state index in [-0.39, 0.29) is 6.61 Å². The molecule has 0 saturated heterocycles. The highest BCUT2D eigenvalue weighted by Gasteiger charge is 2.09. The molecule has 1 N–H and O–H groups in total. The Morgan fingerprint density at radius 1 is 1.06 bits per heavy atom.